The van der Waals surface area contributed by atoms with Crippen LogP contribution in [-0.4, -0.2) is 43.1 Å². The summed E-state index contributed by atoms with van der Waals surface area (Å²) in [6.45, 7) is 13.2. The van der Waals surface area contributed by atoms with Gasteiger partial charge in [-0.3, -0.25) is 19.2 Å². The Balaban J connectivity index is 3.22. The summed E-state index contributed by atoms with van der Waals surface area (Å²) >= 11 is 0. The Morgan fingerprint density at radius 3 is 1.90 bits per heavy atom. The predicted octanol–water partition coefficient (Wildman–Crippen LogP) is 5.15. The molecule has 9 heteroatoms. The molecule has 0 amide bonds. The Bertz CT molecular complexity index is 989. The molecular weight excluding hydrogens is 502 g/mol. The first-order chi connectivity index (χ1) is 18.2. The zero-order chi connectivity index (χ0) is 29.8. The summed E-state index contributed by atoms with van der Waals surface area (Å²) in [5.74, 6) is -1.50. The smallest absolute Gasteiger partial charge is 0.326 e. The molecule has 39 heavy (non-hydrogen) atoms. The van der Waals surface area contributed by atoms with E-state index in [-0.39, 0.29) is 61.6 Å². The number of methoxy groups -OCH3 is 1. The van der Waals surface area contributed by atoms with Crippen LogP contribution in [0.3, 0.4) is 0 Å². The molecule has 220 valence electrons. The second-order valence-electron chi connectivity index (χ2n) is 11.1. The van der Waals surface area contributed by atoms with Gasteiger partial charge in [-0.15, -0.1) is 0 Å². The van der Waals surface area contributed by atoms with Crippen LogP contribution in [0.25, 0.3) is 0 Å². The topological polar surface area (TPSA) is 131 Å². The monoisotopic (exact) mass is 549 g/mol. The van der Waals surface area contributed by atoms with E-state index in [1.165, 1.54) is 19.2 Å². The molecule has 1 aromatic carbocycles. The first-order valence-electron chi connectivity index (χ1n) is 13.8. The number of carbonyl (C=O) groups is 4. The van der Waals surface area contributed by atoms with Crippen LogP contribution >= 0.6 is 0 Å². The molecule has 1 rings (SSSR count). The number of benzene rings is 1. The number of rotatable bonds is 16. The van der Waals surface area contributed by atoms with Gasteiger partial charge in [0.2, 0.25) is 0 Å². The minimum absolute atomic E-state index is 0.00536. The normalized spacial score (nSPS) is 14.5. The molecule has 0 aliphatic rings. The van der Waals surface area contributed by atoms with Crippen molar-refractivity contribution in [3.05, 3.63) is 23.8 Å². The van der Waals surface area contributed by atoms with E-state index in [4.69, 9.17) is 24.7 Å². The van der Waals surface area contributed by atoms with Gasteiger partial charge in [-0.1, -0.05) is 53.5 Å². The third-order valence-corrected chi connectivity index (χ3v) is 7.21. The number of carbonyl (C=O) groups excluding carboxylic acids is 4. The standard InChI is InChI=1S/C30H47NO8/c1-9-20(4)16-25(32)38-23-13-12-22(18-24(23)39-26(33)17-21(5)10-2)19-30(31,28(35)36-8)14-15-37-27(34)29(6,7)11-3/h12-13,18,20-21H,9-11,14-17,19,31H2,1-8H3/t20?,21?,30-/m1/s1. The van der Waals surface area contributed by atoms with E-state index in [0.717, 1.165) is 12.8 Å². The summed E-state index contributed by atoms with van der Waals surface area (Å²) in [6, 6.07) is 4.71. The molecular formula is C30H47NO8. The van der Waals surface area contributed by atoms with Gasteiger partial charge >= 0.3 is 23.9 Å². The molecule has 3 atom stereocenters. The van der Waals surface area contributed by atoms with Crippen molar-refractivity contribution in [3.63, 3.8) is 0 Å². The number of hydrogen-bond donors (Lipinski definition) is 1. The van der Waals surface area contributed by atoms with Gasteiger partial charge < -0.3 is 24.7 Å². The zero-order valence-electron chi connectivity index (χ0n) is 24.9. The van der Waals surface area contributed by atoms with Gasteiger partial charge in [-0.25, -0.2) is 0 Å². The van der Waals surface area contributed by atoms with Crippen molar-refractivity contribution in [3.8, 4) is 11.5 Å². The molecule has 0 radical (unpaired) electrons. The Morgan fingerprint density at radius 2 is 1.41 bits per heavy atom. The predicted molar refractivity (Wildman–Crippen MR) is 148 cm³/mol. The lowest BCUT2D eigenvalue weighted by Crippen LogP contribution is -2.51. The lowest BCUT2D eigenvalue weighted by molar-refractivity contribution is -0.157. The molecule has 0 bridgehead atoms. The fourth-order valence-electron chi connectivity index (χ4n) is 3.51. The van der Waals surface area contributed by atoms with Crippen LogP contribution in [0.1, 0.15) is 92.6 Å². The maximum absolute atomic E-state index is 12.7. The third-order valence-electron chi connectivity index (χ3n) is 7.21. The molecule has 0 saturated carbocycles. The van der Waals surface area contributed by atoms with Crippen molar-refractivity contribution in [1.82, 2.24) is 0 Å². The fraction of sp³-hybridized carbons (Fsp3) is 0.667. The van der Waals surface area contributed by atoms with Crippen LogP contribution in [-0.2, 0) is 35.1 Å². The van der Waals surface area contributed by atoms with E-state index in [2.05, 4.69) is 0 Å². The van der Waals surface area contributed by atoms with Gasteiger partial charge in [0, 0.05) is 25.7 Å². The number of hydrogen-bond acceptors (Lipinski definition) is 9. The molecule has 0 aliphatic carbocycles. The minimum atomic E-state index is -1.52. The van der Waals surface area contributed by atoms with Gasteiger partial charge in [-0.2, -0.15) is 0 Å². The van der Waals surface area contributed by atoms with Crippen LogP contribution in [0.15, 0.2) is 18.2 Å². The summed E-state index contributed by atoms with van der Waals surface area (Å²) in [7, 11) is 1.23. The van der Waals surface area contributed by atoms with Crippen LogP contribution < -0.4 is 15.2 Å². The molecule has 0 saturated heterocycles. The van der Waals surface area contributed by atoms with Gasteiger partial charge in [0.25, 0.3) is 0 Å². The maximum Gasteiger partial charge on any atom is 0.326 e. The molecule has 2 unspecified atom stereocenters. The van der Waals surface area contributed by atoms with Crippen molar-refractivity contribution in [2.75, 3.05) is 13.7 Å². The zero-order valence-corrected chi connectivity index (χ0v) is 24.9. The van der Waals surface area contributed by atoms with E-state index < -0.39 is 28.9 Å². The number of nitrogens with two attached hydrogens (primary N) is 1. The Hall–Kier alpha value is -2.94. The molecule has 0 fully saturated rings. The van der Waals surface area contributed by atoms with E-state index >= 15 is 0 Å². The first-order valence-corrected chi connectivity index (χ1v) is 13.8. The first kappa shape index (κ1) is 34.1. The van der Waals surface area contributed by atoms with E-state index in [0.29, 0.717) is 12.0 Å². The van der Waals surface area contributed by atoms with Gasteiger partial charge in [-0.05, 0) is 49.8 Å². The van der Waals surface area contributed by atoms with E-state index in [1.807, 2.05) is 34.6 Å². The molecule has 9 nitrogen and oxygen atoms in total. The Morgan fingerprint density at radius 1 is 0.872 bits per heavy atom. The van der Waals surface area contributed by atoms with Crippen molar-refractivity contribution in [2.45, 2.75) is 99.0 Å². The number of ether oxygens (including phenoxy) is 4. The second kappa shape index (κ2) is 15.6. The summed E-state index contributed by atoms with van der Waals surface area (Å²) < 4.78 is 21.5. The second-order valence-corrected chi connectivity index (χ2v) is 11.1. The van der Waals surface area contributed by atoms with Crippen LogP contribution in [0, 0.1) is 17.3 Å². The average Bonchev–Trinajstić information content (AvgIpc) is 2.88. The van der Waals surface area contributed by atoms with Crippen molar-refractivity contribution in [2.24, 2.45) is 23.0 Å². The summed E-state index contributed by atoms with van der Waals surface area (Å²) in [4.78, 5) is 50.1. The molecule has 0 aromatic heterocycles. The fourth-order valence-corrected chi connectivity index (χ4v) is 3.51. The van der Waals surface area contributed by atoms with Crippen molar-refractivity contribution >= 4 is 23.9 Å². The lowest BCUT2D eigenvalue weighted by atomic mass is 9.88. The summed E-state index contributed by atoms with van der Waals surface area (Å²) in [6.07, 6.45) is 2.67. The van der Waals surface area contributed by atoms with E-state index in [1.54, 1.807) is 19.9 Å². The largest absolute Gasteiger partial charge is 0.468 e. The SMILES string of the molecule is CCC(C)CC(=O)Oc1ccc(C[C@](N)(CCOC(=O)C(C)(C)CC)C(=O)OC)cc1OC(=O)CC(C)CC. The highest BCUT2D eigenvalue weighted by atomic mass is 16.6. The molecule has 0 aliphatic heterocycles. The average molecular weight is 550 g/mol. The Labute approximate surface area is 233 Å². The van der Waals surface area contributed by atoms with Gasteiger partial charge in [0.1, 0.15) is 5.54 Å². The highest BCUT2D eigenvalue weighted by Crippen LogP contribution is 2.32. The Kier molecular flexibility index (Phi) is 13.6. The lowest BCUT2D eigenvalue weighted by Gasteiger charge is -2.28. The highest BCUT2D eigenvalue weighted by Gasteiger charge is 2.37. The number of esters is 4. The molecule has 0 heterocycles. The molecule has 0 spiro atoms. The van der Waals surface area contributed by atoms with Crippen molar-refractivity contribution in [1.29, 1.82) is 0 Å². The van der Waals surface area contributed by atoms with Crippen LogP contribution in [0.2, 0.25) is 0 Å². The highest BCUT2D eigenvalue weighted by molar-refractivity contribution is 5.81. The van der Waals surface area contributed by atoms with Crippen LogP contribution in [0.4, 0.5) is 0 Å². The third kappa shape index (κ3) is 11.0. The summed E-state index contributed by atoms with van der Waals surface area (Å²) in [5, 5.41) is 0. The summed E-state index contributed by atoms with van der Waals surface area (Å²) in [5.41, 5.74) is 4.86. The van der Waals surface area contributed by atoms with Gasteiger partial charge in [0.15, 0.2) is 11.5 Å². The minimum Gasteiger partial charge on any atom is -0.468 e. The van der Waals surface area contributed by atoms with Crippen LogP contribution in [0.5, 0.6) is 11.5 Å². The molecule has 2 N–H and O–H groups in total. The quantitative estimate of drug-likeness (QED) is 0.220. The molecule has 1 aromatic rings. The van der Waals surface area contributed by atoms with E-state index in [9.17, 15) is 19.2 Å². The maximum atomic E-state index is 12.7. The van der Waals surface area contributed by atoms with Gasteiger partial charge in [0.05, 0.1) is 19.1 Å². The van der Waals surface area contributed by atoms with Crippen molar-refractivity contribution < 1.29 is 38.1 Å².